The summed E-state index contributed by atoms with van der Waals surface area (Å²) in [5.41, 5.74) is 0.760. The zero-order chi connectivity index (χ0) is 16.8. The Morgan fingerprint density at radius 1 is 0.870 bits per heavy atom. The Morgan fingerprint density at radius 2 is 1.30 bits per heavy atom. The highest BCUT2D eigenvalue weighted by Crippen LogP contribution is 2.12. The first-order chi connectivity index (χ1) is 11.0. The Kier molecular flexibility index (Phi) is 6.02. The molecular formula is C17H14Cl2O4. The van der Waals surface area contributed by atoms with E-state index < -0.39 is 18.0 Å². The summed E-state index contributed by atoms with van der Waals surface area (Å²) in [5, 5.41) is 1.07. The summed E-state index contributed by atoms with van der Waals surface area (Å²) in [6, 6.07) is 12.7. The molecule has 2 rings (SSSR count). The van der Waals surface area contributed by atoms with E-state index in [1.54, 1.807) is 55.5 Å². The number of ether oxygens (including phenoxy) is 2. The lowest BCUT2D eigenvalue weighted by molar-refractivity contribution is 0.00448. The molecule has 1 atom stereocenters. The highest BCUT2D eigenvalue weighted by Gasteiger charge is 2.15. The van der Waals surface area contributed by atoms with Gasteiger partial charge in [0.15, 0.2) is 0 Å². The third kappa shape index (κ3) is 5.27. The predicted octanol–water partition coefficient (Wildman–Crippen LogP) is 4.40. The van der Waals surface area contributed by atoms with Crippen LogP contribution in [-0.4, -0.2) is 24.6 Å². The van der Waals surface area contributed by atoms with Gasteiger partial charge in [0.25, 0.3) is 0 Å². The van der Waals surface area contributed by atoms with Crippen LogP contribution >= 0.6 is 23.2 Å². The van der Waals surface area contributed by atoms with Crippen LogP contribution in [0.1, 0.15) is 27.6 Å². The van der Waals surface area contributed by atoms with Gasteiger partial charge in [0.1, 0.15) is 12.7 Å². The van der Waals surface area contributed by atoms with E-state index in [-0.39, 0.29) is 6.61 Å². The van der Waals surface area contributed by atoms with Gasteiger partial charge in [-0.1, -0.05) is 23.2 Å². The molecule has 1 unspecified atom stereocenters. The van der Waals surface area contributed by atoms with Gasteiger partial charge >= 0.3 is 11.9 Å². The van der Waals surface area contributed by atoms with Crippen LogP contribution in [0.3, 0.4) is 0 Å². The fourth-order valence-corrected chi connectivity index (χ4v) is 1.99. The molecule has 0 aliphatic heterocycles. The highest BCUT2D eigenvalue weighted by molar-refractivity contribution is 6.30. The van der Waals surface area contributed by atoms with Gasteiger partial charge in [0.05, 0.1) is 11.1 Å². The molecule has 0 aromatic heterocycles. The number of hydrogen-bond donors (Lipinski definition) is 0. The fraction of sp³-hybridized carbons (Fsp3) is 0.176. The maximum absolute atomic E-state index is 11.9. The van der Waals surface area contributed by atoms with E-state index in [0.717, 1.165) is 0 Å². The van der Waals surface area contributed by atoms with Gasteiger partial charge in [0, 0.05) is 10.0 Å². The summed E-state index contributed by atoms with van der Waals surface area (Å²) in [6.45, 7) is 1.60. The highest BCUT2D eigenvalue weighted by atomic mass is 35.5. The van der Waals surface area contributed by atoms with Crippen molar-refractivity contribution in [2.24, 2.45) is 0 Å². The maximum atomic E-state index is 11.9. The molecule has 23 heavy (non-hydrogen) atoms. The summed E-state index contributed by atoms with van der Waals surface area (Å²) in [6.07, 6.45) is -0.575. The Labute approximate surface area is 143 Å². The molecule has 0 aliphatic carbocycles. The van der Waals surface area contributed by atoms with Crippen molar-refractivity contribution in [1.82, 2.24) is 0 Å². The second-order valence-corrected chi connectivity index (χ2v) is 5.70. The first kappa shape index (κ1) is 17.3. The largest absolute Gasteiger partial charge is 0.458 e. The van der Waals surface area contributed by atoms with Crippen LogP contribution in [0.25, 0.3) is 0 Å². The van der Waals surface area contributed by atoms with Crippen LogP contribution in [0.5, 0.6) is 0 Å². The monoisotopic (exact) mass is 352 g/mol. The number of carbonyl (C=O) groups excluding carboxylic acids is 2. The van der Waals surface area contributed by atoms with E-state index in [1.807, 2.05) is 0 Å². The fourth-order valence-electron chi connectivity index (χ4n) is 1.73. The van der Waals surface area contributed by atoms with Crippen LogP contribution in [0, 0.1) is 0 Å². The number of carbonyl (C=O) groups is 2. The van der Waals surface area contributed by atoms with Crippen LogP contribution in [0.15, 0.2) is 48.5 Å². The van der Waals surface area contributed by atoms with Gasteiger partial charge in [-0.15, -0.1) is 0 Å². The second kappa shape index (κ2) is 7.99. The molecule has 120 valence electrons. The average molecular weight is 353 g/mol. The predicted molar refractivity (Wildman–Crippen MR) is 88.1 cm³/mol. The molecule has 2 aromatic carbocycles. The molecule has 0 spiro atoms. The van der Waals surface area contributed by atoms with Gasteiger partial charge in [-0.3, -0.25) is 0 Å². The second-order valence-electron chi connectivity index (χ2n) is 4.83. The number of halogens is 2. The molecule has 0 saturated heterocycles. The van der Waals surface area contributed by atoms with Crippen molar-refractivity contribution in [3.05, 3.63) is 69.7 Å². The molecule has 0 radical (unpaired) electrons. The van der Waals surface area contributed by atoms with Gasteiger partial charge < -0.3 is 9.47 Å². The van der Waals surface area contributed by atoms with E-state index in [1.165, 1.54) is 0 Å². The standard InChI is InChI=1S/C17H14Cl2O4/c1-11(23-17(21)13-4-8-15(19)9-5-13)10-22-16(20)12-2-6-14(18)7-3-12/h2-9,11H,10H2,1H3. The van der Waals surface area contributed by atoms with Gasteiger partial charge in [-0.25, -0.2) is 9.59 Å². The molecule has 2 aromatic rings. The zero-order valence-electron chi connectivity index (χ0n) is 12.3. The SMILES string of the molecule is CC(COC(=O)c1ccc(Cl)cc1)OC(=O)c1ccc(Cl)cc1. The zero-order valence-corrected chi connectivity index (χ0v) is 13.8. The third-order valence-corrected chi connectivity index (χ3v) is 3.42. The van der Waals surface area contributed by atoms with Crippen molar-refractivity contribution >= 4 is 35.1 Å². The summed E-state index contributed by atoms with van der Waals surface area (Å²) < 4.78 is 10.3. The van der Waals surface area contributed by atoms with E-state index in [4.69, 9.17) is 32.7 Å². The quantitative estimate of drug-likeness (QED) is 0.748. The molecule has 0 amide bonds. The molecule has 6 heteroatoms. The van der Waals surface area contributed by atoms with Crippen LogP contribution in [0.2, 0.25) is 10.0 Å². The number of esters is 2. The molecule has 0 heterocycles. The minimum absolute atomic E-state index is 0.0409. The Bertz CT molecular complexity index is 681. The van der Waals surface area contributed by atoms with Gasteiger partial charge in [0.2, 0.25) is 0 Å². The van der Waals surface area contributed by atoms with Crippen LogP contribution in [0.4, 0.5) is 0 Å². The lowest BCUT2D eigenvalue weighted by atomic mass is 10.2. The lowest BCUT2D eigenvalue weighted by Gasteiger charge is -2.13. The molecular weight excluding hydrogens is 339 g/mol. The van der Waals surface area contributed by atoms with Gasteiger partial charge in [-0.05, 0) is 55.5 Å². The van der Waals surface area contributed by atoms with E-state index >= 15 is 0 Å². The molecule has 0 fully saturated rings. The van der Waals surface area contributed by atoms with Crippen molar-refractivity contribution in [1.29, 1.82) is 0 Å². The normalized spacial score (nSPS) is 11.6. The Hall–Kier alpha value is -2.04. The van der Waals surface area contributed by atoms with E-state index in [9.17, 15) is 9.59 Å². The first-order valence-electron chi connectivity index (χ1n) is 6.85. The number of hydrogen-bond acceptors (Lipinski definition) is 4. The smallest absolute Gasteiger partial charge is 0.338 e. The lowest BCUT2D eigenvalue weighted by Crippen LogP contribution is -2.22. The van der Waals surface area contributed by atoms with Crippen molar-refractivity contribution in [2.75, 3.05) is 6.61 Å². The number of rotatable bonds is 5. The van der Waals surface area contributed by atoms with E-state index in [2.05, 4.69) is 0 Å². The Morgan fingerprint density at radius 3 is 1.78 bits per heavy atom. The minimum Gasteiger partial charge on any atom is -0.458 e. The molecule has 4 nitrogen and oxygen atoms in total. The van der Waals surface area contributed by atoms with Crippen molar-refractivity contribution in [2.45, 2.75) is 13.0 Å². The van der Waals surface area contributed by atoms with Crippen molar-refractivity contribution < 1.29 is 19.1 Å². The van der Waals surface area contributed by atoms with Crippen LogP contribution < -0.4 is 0 Å². The summed E-state index contributed by atoms with van der Waals surface area (Å²) in [5.74, 6) is -1.01. The summed E-state index contributed by atoms with van der Waals surface area (Å²) in [4.78, 5) is 23.7. The topological polar surface area (TPSA) is 52.6 Å². The third-order valence-electron chi connectivity index (χ3n) is 2.92. The van der Waals surface area contributed by atoms with Crippen molar-refractivity contribution in [3.63, 3.8) is 0 Å². The molecule has 0 N–H and O–H groups in total. The van der Waals surface area contributed by atoms with E-state index in [0.29, 0.717) is 21.2 Å². The Balaban J connectivity index is 1.83. The summed E-state index contributed by atoms with van der Waals surface area (Å²) >= 11 is 11.5. The minimum atomic E-state index is -0.575. The molecule has 0 aliphatic rings. The first-order valence-corrected chi connectivity index (χ1v) is 7.60. The van der Waals surface area contributed by atoms with Crippen LogP contribution in [-0.2, 0) is 9.47 Å². The summed E-state index contributed by atoms with van der Waals surface area (Å²) in [7, 11) is 0. The average Bonchev–Trinajstić information content (AvgIpc) is 2.54. The maximum Gasteiger partial charge on any atom is 0.338 e. The van der Waals surface area contributed by atoms with Gasteiger partial charge in [-0.2, -0.15) is 0 Å². The van der Waals surface area contributed by atoms with Crippen molar-refractivity contribution in [3.8, 4) is 0 Å². The molecule has 0 saturated carbocycles. The molecule has 0 bridgehead atoms. The number of benzene rings is 2.